The number of carbonyl (C=O) groups excluding carboxylic acids is 1. The van der Waals surface area contributed by atoms with Crippen molar-refractivity contribution in [3.8, 4) is 5.75 Å². The molecule has 162 valence electrons. The number of pyridine rings is 1. The molecule has 2 N–H and O–H groups in total. The Morgan fingerprint density at radius 3 is 2.65 bits per heavy atom. The second kappa shape index (κ2) is 9.89. The molecule has 1 amide bonds. The number of carbonyl (C=O) groups is 1. The van der Waals surface area contributed by atoms with Gasteiger partial charge in [0.05, 0.1) is 13.7 Å². The first-order valence-corrected chi connectivity index (χ1v) is 11.2. The highest BCUT2D eigenvalue weighted by atomic mass is 32.1. The van der Waals surface area contributed by atoms with Crippen LogP contribution in [0.4, 0.5) is 16.6 Å². The monoisotopic (exact) mass is 437 g/mol. The largest absolute Gasteiger partial charge is 0.497 e. The van der Waals surface area contributed by atoms with Crippen molar-refractivity contribution in [3.63, 3.8) is 0 Å². The van der Waals surface area contributed by atoms with Gasteiger partial charge in [-0.3, -0.25) is 9.69 Å². The second-order valence-corrected chi connectivity index (χ2v) is 8.91. The minimum atomic E-state index is 0.00619. The predicted molar refractivity (Wildman–Crippen MR) is 124 cm³/mol. The summed E-state index contributed by atoms with van der Waals surface area (Å²) >= 11 is 1.62. The molecule has 1 fully saturated rings. The number of aromatic nitrogens is 2. The van der Waals surface area contributed by atoms with E-state index in [0.717, 1.165) is 54.0 Å². The lowest BCUT2D eigenvalue weighted by atomic mass is 9.93. The summed E-state index contributed by atoms with van der Waals surface area (Å²) in [5, 5.41) is 7.11. The third-order valence-electron chi connectivity index (χ3n) is 5.37. The molecule has 4 rings (SSSR count). The molecule has 1 aliphatic rings. The number of rotatable bonds is 7. The molecule has 0 atom stereocenters. The molecule has 8 heteroatoms. The van der Waals surface area contributed by atoms with Crippen LogP contribution in [0.25, 0.3) is 0 Å². The standard InChI is InChI=1S/C23H27N5O2S/c1-16-14-24-23(31-16)27-21-5-3-4-20(26-21)17-10-12-28(13-11-17)15-22(29)25-18-6-8-19(30-2)9-7-18/h3-9,14,17H,10-13,15H2,1-2H3,(H,25,29)(H,24,26,27). The number of hydrogen-bond acceptors (Lipinski definition) is 7. The number of nitrogens with one attached hydrogen (secondary N) is 2. The average Bonchev–Trinajstić information content (AvgIpc) is 3.19. The molecule has 1 aromatic carbocycles. The lowest BCUT2D eigenvalue weighted by molar-refractivity contribution is -0.117. The molecule has 2 aromatic heterocycles. The van der Waals surface area contributed by atoms with E-state index in [0.29, 0.717) is 12.5 Å². The van der Waals surface area contributed by atoms with Gasteiger partial charge in [-0.1, -0.05) is 6.07 Å². The van der Waals surface area contributed by atoms with Crippen molar-refractivity contribution in [2.24, 2.45) is 0 Å². The van der Waals surface area contributed by atoms with Gasteiger partial charge in [-0.05, 0) is 69.3 Å². The van der Waals surface area contributed by atoms with E-state index < -0.39 is 0 Å². The van der Waals surface area contributed by atoms with Gasteiger partial charge in [-0.25, -0.2) is 9.97 Å². The van der Waals surface area contributed by atoms with Crippen molar-refractivity contribution in [2.45, 2.75) is 25.7 Å². The molecule has 0 aliphatic carbocycles. The lowest BCUT2D eigenvalue weighted by Gasteiger charge is -2.31. The summed E-state index contributed by atoms with van der Waals surface area (Å²) < 4.78 is 5.15. The van der Waals surface area contributed by atoms with Gasteiger partial charge >= 0.3 is 0 Å². The molecular weight excluding hydrogens is 410 g/mol. The number of methoxy groups -OCH3 is 1. The van der Waals surface area contributed by atoms with Crippen molar-refractivity contribution in [3.05, 3.63) is 59.2 Å². The normalized spacial score (nSPS) is 14.9. The number of anilines is 3. The molecule has 1 saturated heterocycles. The smallest absolute Gasteiger partial charge is 0.238 e. The van der Waals surface area contributed by atoms with Gasteiger partial charge in [-0.15, -0.1) is 11.3 Å². The zero-order chi connectivity index (χ0) is 21.6. The molecule has 0 saturated carbocycles. The van der Waals surface area contributed by atoms with E-state index in [1.54, 1.807) is 18.4 Å². The average molecular weight is 438 g/mol. The van der Waals surface area contributed by atoms with Crippen molar-refractivity contribution in [1.29, 1.82) is 0 Å². The van der Waals surface area contributed by atoms with Crippen LogP contribution in [-0.4, -0.2) is 47.5 Å². The second-order valence-electron chi connectivity index (χ2n) is 7.68. The summed E-state index contributed by atoms with van der Waals surface area (Å²) in [4.78, 5) is 24.9. The van der Waals surface area contributed by atoms with Crippen LogP contribution >= 0.6 is 11.3 Å². The van der Waals surface area contributed by atoms with E-state index in [2.05, 4.69) is 26.6 Å². The molecule has 0 bridgehead atoms. The van der Waals surface area contributed by atoms with Gasteiger partial charge in [0, 0.05) is 28.4 Å². The Labute approximate surface area is 186 Å². The fraction of sp³-hybridized carbons (Fsp3) is 0.348. The summed E-state index contributed by atoms with van der Waals surface area (Å²) in [5.41, 5.74) is 1.88. The van der Waals surface area contributed by atoms with Gasteiger partial charge in [0.15, 0.2) is 5.13 Å². The molecule has 3 heterocycles. The van der Waals surface area contributed by atoms with Gasteiger partial charge in [-0.2, -0.15) is 0 Å². The molecule has 0 spiro atoms. The molecule has 7 nitrogen and oxygen atoms in total. The Kier molecular flexibility index (Phi) is 6.79. The molecule has 3 aromatic rings. The van der Waals surface area contributed by atoms with E-state index in [1.165, 1.54) is 4.88 Å². The number of hydrogen-bond donors (Lipinski definition) is 2. The molecular formula is C23H27N5O2S. The van der Waals surface area contributed by atoms with Crippen molar-refractivity contribution in [1.82, 2.24) is 14.9 Å². The quantitative estimate of drug-likeness (QED) is 0.570. The lowest BCUT2D eigenvalue weighted by Crippen LogP contribution is -2.38. The van der Waals surface area contributed by atoms with Crippen LogP contribution in [-0.2, 0) is 4.79 Å². The van der Waals surface area contributed by atoms with Crippen LogP contribution in [0, 0.1) is 6.92 Å². The van der Waals surface area contributed by atoms with Gasteiger partial charge < -0.3 is 15.4 Å². The van der Waals surface area contributed by atoms with Crippen LogP contribution in [0.2, 0.25) is 0 Å². The van der Waals surface area contributed by atoms with Gasteiger partial charge in [0.25, 0.3) is 0 Å². The maximum absolute atomic E-state index is 12.4. The Bertz CT molecular complexity index is 1010. The fourth-order valence-electron chi connectivity index (χ4n) is 3.74. The van der Waals surface area contributed by atoms with Crippen molar-refractivity contribution < 1.29 is 9.53 Å². The molecule has 31 heavy (non-hydrogen) atoms. The van der Waals surface area contributed by atoms with E-state index in [1.807, 2.05) is 49.5 Å². The highest BCUT2D eigenvalue weighted by Crippen LogP contribution is 2.28. The van der Waals surface area contributed by atoms with E-state index in [9.17, 15) is 4.79 Å². The number of thiazole rings is 1. The Morgan fingerprint density at radius 1 is 1.19 bits per heavy atom. The summed E-state index contributed by atoms with van der Waals surface area (Å²) in [6.45, 7) is 4.20. The first-order valence-electron chi connectivity index (χ1n) is 10.4. The number of aryl methyl sites for hydroxylation is 1. The minimum absolute atomic E-state index is 0.00619. The molecule has 1 aliphatic heterocycles. The Hall–Kier alpha value is -2.97. The highest BCUT2D eigenvalue weighted by Gasteiger charge is 2.23. The SMILES string of the molecule is COc1ccc(NC(=O)CN2CCC(c3cccc(Nc4ncc(C)s4)n3)CC2)cc1. The summed E-state index contributed by atoms with van der Waals surface area (Å²) in [7, 11) is 1.63. The Balaban J connectivity index is 1.27. The van der Waals surface area contributed by atoms with Gasteiger partial charge in [0.1, 0.15) is 11.6 Å². The van der Waals surface area contributed by atoms with Crippen LogP contribution in [0.5, 0.6) is 5.75 Å². The minimum Gasteiger partial charge on any atom is -0.497 e. The van der Waals surface area contributed by atoms with Crippen molar-refractivity contribution in [2.75, 3.05) is 37.4 Å². The molecule has 0 radical (unpaired) electrons. The van der Waals surface area contributed by atoms with Crippen LogP contribution in [0.1, 0.15) is 29.3 Å². The number of nitrogens with zero attached hydrogens (tertiary/aromatic N) is 3. The number of amides is 1. The van der Waals surface area contributed by atoms with E-state index in [4.69, 9.17) is 9.72 Å². The van der Waals surface area contributed by atoms with E-state index >= 15 is 0 Å². The molecule has 0 unspecified atom stereocenters. The van der Waals surface area contributed by atoms with Gasteiger partial charge in [0.2, 0.25) is 5.91 Å². The summed E-state index contributed by atoms with van der Waals surface area (Å²) in [6, 6.07) is 13.5. The number of piperidine rings is 1. The first-order chi connectivity index (χ1) is 15.1. The first kappa shape index (κ1) is 21.3. The maximum atomic E-state index is 12.4. The topological polar surface area (TPSA) is 79.4 Å². The summed E-state index contributed by atoms with van der Waals surface area (Å²) in [5.74, 6) is 2.01. The number of ether oxygens (including phenoxy) is 1. The zero-order valence-corrected chi connectivity index (χ0v) is 18.6. The van der Waals surface area contributed by atoms with Crippen molar-refractivity contribution >= 4 is 33.9 Å². The maximum Gasteiger partial charge on any atom is 0.238 e. The van der Waals surface area contributed by atoms with Crippen LogP contribution in [0.15, 0.2) is 48.7 Å². The third-order valence-corrected chi connectivity index (χ3v) is 6.20. The number of benzene rings is 1. The van der Waals surface area contributed by atoms with Crippen LogP contribution < -0.4 is 15.4 Å². The Morgan fingerprint density at radius 2 is 1.97 bits per heavy atom. The predicted octanol–water partition coefficient (Wildman–Crippen LogP) is 4.42. The third kappa shape index (κ3) is 5.80. The summed E-state index contributed by atoms with van der Waals surface area (Å²) in [6.07, 6.45) is 3.84. The fourth-order valence-corrected chi connectivity index (χ4v) is 4.41. The number of likely N-dealkylation sites (tertiary alicyclic amines) is 1. The van der Waals surface area contributed by atoms with E-state index in [-0.39, 0.29) is 5.91 Å². The highest BCUT2D eigenvalue weighted by molar-refractivity contribution is 7.15. The zero-order valence-electron chi connectivity index (χ0n) is 17.8. The van der Waals surface area contributed by atoms with Crippen LogP contribution in [0.3, 0.4) is 0 Å².